The number of nitrogens with zero attached hydrogens (tertiary/aromatic N) is 1. The molecule has 3 rings (SSSR count). The SMILES string of the molecule is O=C(O)c1cc2c(nc1Sc1ccccc1Cl)CCCC2. The van der Waals surface area contributed by atoms with Gasteiger partial charge in [0.15, 0.2) is 0 Å². The highest BCUT2D eigenvalue weighted by atomic mass is 35.5. The fourth-order valence-electron chi connectivity index (χ4n) is 2.48. The van der Waals surface area contributed by atoms with Crippen LogP contribution < -0.4 is 0 Å². The molecule has 1 heterocycles. The van der Waals surface area contributed by atoms with Gasteiger partial charge in [-0.2, -0.15) is 0 Å². The molecule has 0 fully saturated rings. The van der Waals surface area contributed by atoms with E-state index in [1.54, 1.807) is 12.1 Å². The summed E-state index contributed by atoms with van der Waals surface area (Å²) in [4.78, 5) is 16.9. The zero-order chi connectivity index (χ0) is 14.8. The number of carboxylic acids is 1. The van der Waals surface area contributed by atoms with Crippen molar-refractivity contribution in [2.45, 2.75) is 35.6 Å². The lowest BCUT2D eigenvalue weighted by atomic mass is 9.95. The Morgan fingerprint density at radius 1 is 1.24 bits per heavy atom. The smallest absolute Gasteiger partial charge is 0.338 e. The second-order valence-corrected chi connectivity index (χ2v) is 6.43. The van der Waals surface area contributed by atoms with Crippen LogP contribution >= 0.6 is 23.4 Å². The van der Waals surface area contributed by atoms with Gasteiger partial charge in [-0.25, -0.2) is 9.78 Å². The number of hydrogen-bond acceptors (Lipinski definition) is 3. The Bertz CT molecular complexity index is 703. The van der Waals surface area contributed by atoms with Gasteiger partial charge in [0.05, 0.1) is 10.6 Å². The summed E-state index contributed by atoms with van der Waals surface area (Å²) in [6.07, 6.45) is 4.05. The van der Waals surface area contributed by atoms with Crippen molar-refractivity contribution in [3.8, 4) is 0 Å². The largest absolute Gasteiger partial charge is 0.478 e. The maximum atomic E-state index is 11.5. The molecule has 0 atom stereocenters. The lowest BCUT2D eigenvalue weighted by Gasteiger charge is -2.17. The van der Waals surface area contributed by atoms with E-state index < -0.39 is 5.97 Å². The minimum Gasteiger partial charge on any atom is -0.478 e. The number of aromatic carboxylic acids is 1. The summed E-state index contributed by atoms with van der Waals surface area (Å²) in [7, 11) is 0. The third-order valence-corrected chi connectivity index (χ3v) is 5.06. The fraction of sp³-hybridized carbons (Fsp3) is 0.250. The molecule has 1 aliphatic rings. The van der Waals surface area contributed by atoms with Gasteiger partial charge in [-0.05, 0) is 49.4 Å². The summed E-state index contributed by atoms with van der Waals surface area (Å²) in [5, 5.41) is 10.6. The molecule has 0 spiro atoms. The van der Waals surface area contributed by atoms with Crippen molar-refractivity contribution in [3.05, 3.63) is 52.2 Å². The molecule has 0 amide bonds. The standard InChI is InChI=1S/C16H14ClNO2S/c17-12-6-2-4-8-14(12)21-15-11(16(19)20)9-10-5-1-3-7-13(10)18-15/h2,4,6,8-9H,1,3,5,7H2,(H,19,20). The maximum absolute atomic E-state index is 11.5. The molecule has 0 bridgehead atoms. The van der Waals surface area contributed by atoms with Crippen molar-refractivity contribution in [1.82, 2.24) is 4.98 Å². The van der Waals surface area contributed by atoms with Gasteiger partial charge in [0.25, 0.3) is 0 Å². The van der Waals surface area contributed by atoms with Crippen molar-refractivity contribution >= 4 is 29.3 Å². The second-order valence-electron chi connectivity index (χ2n) is 4.99. The number of aryl methyl sites for hydroxylation is 2. The van der Waals surface area contributed by atoms with Crippen molar-refractivity contribution in [1.29, 1.82) is 0 Å². The summed E-state index contributed by atoms with van der Waals surface area (Å²) in [5.74, 6) is -0.939. The van der Waals surface area contributed by atoms with Crippen LogP contribution in [-0.2, 0) is 12.8 Å². The molecule has 2 aromatic rings. The first-order valence-corrected chi connectivity index (χ1v) is 8.03. The molecule has 1 N–H and O–H groups in total. The molecule has 0 unspecified atom stereocenters. The van der Waals surface area contributed by atoms with Crippen LogP contribution in [0.1, 0.15) is 34.5 Å². The van der Waals surface area contributed by atoms with Crippen LogP contribution in [0.2, 0.25) is 5.02 Å². The highest BCUT2D eigenvalue weighted by Gasteiger charge is 2.20. The summed E-state index contributed by atoms with van der Waals surface area (Å²) < 4.78 is 0. The lowest BCUT2D eigenvalue weighted by Crippen LogP contribution is -2.10. The number of fused-ring (bicyclic) bond motifs is 1. The molecule has 3 nitrogen and oxygen atoms in total. The van der Waals surface area contributed by atoms with Gasteiger partial charge >= 0.3 is 5.97 Å². The van der Waals surface area contributed by atoms with E-state index in [0.29, 0.717) is 10.0 Å². The van der Waals surface area contributed by atoms with Crippen LogP contribution in [-0.4, -0.2) is 16.1 Å². The average Bonchev–Trinajstić information content (AvgIpc) is 2.48. The fourth-order valence-corrected chi connectivity index (χ4v) is 3.66. The molecule has 0 saturated heterocycles. The first-order chi connectivity index (χ1) is 10.1. The van der Waals surface area contributed by atoms with E-state index in [0.717, 1.165) is 41.8 Å². The third kappa shape index (κ3) is 3.06. The molecule has 1 aromatic heterocycles. The topological polar surface area (TPSA) is 50.2 Å². The van der Waals surface area contributed by atoms with Gasteiger partial charge in [0.2, 0.25) is 0 Å². The molecule has 108 valence electrons. The second kappa shape index (κ2) is 6.08. The zero-order valence-corrected chi connectivity index (χ0v) is 12.9. The van der Waals surface area contributed by atoms with Crippen LogP contribution in [0.4, 0.5) is 0 Å². The van der Waals surface area contributed by atoms with E-state index >= 15 is 0 Å². The number of benzene rings is 1. The van der Waals surface area contributed by atoms with Gasteiger partial charge in [-0.3, -0.25) is 0 Å². The Kier molecular flexibility index (Phi) is 4.17. The van der Waals surface area contributed by atoms with Crippen molar-refractivity contribution in [2.24, 2.45) is 0 Å². The van der Waals surface area contributed by atoms with Crippen molar-refractivity contribution in [3.63, 3.8) is 0 Å². The maximum Gasteiger partial charge on any atom is 0.338 e. The number of carboxylic acid groups (broad SMARTS) is 1. The first-order valence-electron chi connectivity index (χ1n) is 6.83. The van der Waals surface area contributed by atoms with E-state index in [-0.39, 0.29) is 5.56 Å². The molecular formula is C16H14ClNO2S. The van der Waals surface area contributed by atoms with Crippen LogP contribution in [0.5, 0.6) is 0 Å². The summed E-state index contributed by atoms with van der Waals surface area (Å²) in [6.45, 7) is 0. The lowest BCUT2D eigenvalue weighted by molar-refractivity contribution is 0.0692. The normalized spacial score (nSPS) is 13.8. The van der Waals surface area contributed by atoms with Crippen LogP contribution in [0, 0.1) is 0 Å². The highest BCUT2D eigenvalue weighted by Crippen LogP contribution is 2.35. The number of carbonyl (C=O) groups is 1. The Balaban J connectivity index is 2.04. The van der Waals surface area contributed by atoms with Gasteiger partial charge in [0, 0.05) is 10.6 Å². The van der Waals surface area contributed by atoms with Crippen LogP contribution in [0.15, 0.2) is 40.3 Å². The average molecular weight is 320 g/mol. The molecule has 1 aliphatic carbocycles. The quantitative estimate of drug-likeness (QED) is 0.907. The molecule has 0 saturated carbocycles. The number of aromatic nitrogens is 1. The van der Waals surface area contributed by atoms with Gasteiger partial charge < -0.3 is 5.11 Å². The molecule has 21 heavy (non-hydrogen) atoms. The predicted molar refractivity (Wildman–Crippen MR) is 83.4 cm³/mol. The van der Waals surface area contributed by atoms with Crippen LogP contribution in [0.3, 0.4) is 0 Å². The minimum atomic E-state index is -0.939. The van der Waals surface area contributed by atoms with Gasteiger partial charge in [-0.15, -0.1) is 0 Å². The third-order valence-electron chi connectivity index (χ3n) is 3.54. The molecule has 1 aromatic carbocycles. The summed E-state index contributed by atoms with van der Waals surface area (Å²) in [6, 6.07) is 9.18. The number of rotatable bonds is 3. The predicted octanol–water partition coefficient (Wildman–Crippen LogP) is 4.46. The van der Waals surface area contributed by atoms with Gasteiger partial charge in [-0.1, -0.05) is 35.5 Å². The van der Waals surface area contributed by atoms with E-state index in [2.05, 4.69) is 4.98 Å². The Morgan fingerprint density at radius 2 is 2.00 bits per heavy atom. The number of hydrogen-bond donors (Lipinski definition) is 1. The molecule has 5 heteroatoms. The van der Waals surface area contributed by atoms with Gasteiger partial charge in [0.1, 0.15) is 5.03 Å². The Hall–Kier alpha value is -1.52. The molecular weight excluding hydrogens is 306 g/mol. The van der Waals surface area contributed by atoms with E-state index in [1.807, 2.05) is 18.2 Å². The van der Waals surface area contributed by atoms with Crippen molar-refractivity contribution in [2.75, 3.05) is 0 Å². The number of pyridine rings is 1. The minimum absolute atomic E-state index is 0.264. The molecule has 0 aliphatic heterocycles. The highest BCUT2D eigenvalue weighted by molar-refractivity contribution is 7.99. The van der Waals surface area contributed by atoms with E-state index in [1.165, 1.54) is 11.8 Å². The van der Waals surface area contributed by atoms with E-state index in [9.17, 15) is 9.90 Å². The Morgan fingerprint density at radius 3 is 2.76 bits per heavy atom. The summed E-state index contributed by atoms with van der Waals surface area (Å²) in [5.41, 5.74) is 2.36. The number of halogens is 1. The summed E-state index contributed by atoms with van der Waals surface area (Å²) >= 11 is 7.47. The first kappa shape index (κ1) is 14.4. The Labute approximate surface area is 132 Å². The van der Waals surface area contributed by atoms with Crippen molar-refractivity contribution < 1.29 is 9.90 Å². The molecule has 0 radical (unpaired) electrons. The van der Waals surface area contributed by atoms with E-state index in [4.69, 9.17) is 11.6 Å². The van der Waals surface area contributed by atoms with Crippen LogP contribution in [0.25, 0.3) is 0 Å². The monoisotopic (exact) mass is 319 g/mol. The zero-order valence-electron chi connectivity index (χ0n) is 11.3.